The van der Waals surface area contributed by atoms with E-state index >= 15 is 0 Å². The van der Waals surface area contributed by atoms with Gasteiger partial charge >= 0.3 is 5.97 Å². The number of hydroxylamine groups is 2. The third-order valence-electron chi connectivity index (χ3n) is 7.94. The molecule has 1 aromatic carbocycles. The molecular weight excluding hydrogens is 715 g/mol. The first kappa shape index (κ1) is 39.3. The van der Waals surface area contributed by atoms with Crippen molar-refractivity contribution in [1.29, 1.82) is 0 Å². The summed E-state index contributed by atoms with van der Waals surface area (Å²) in [5, 5.41) is 36.8. The summed E-state index contributed by atoms with van der Waals surface area (Å²) in [5.74, 6) is -3.96. The predicted molar refractivity (Wildman–Crippen MR) is 178 cm³/mol. The van der Waals surface area contributed by atoms with Crippen LogP contribution >= 0.6 is 11.3 Å². The summed E-state index contributed by atoms with van der Waals surface area (Å²) in [6, 6.07) is 6.90. The number of aliphatic hydroxyl groups is 2. The summed E-state index contributed by atoms with van der Waals surface area (Å²) in [4.78, 5) is 47.2. The molecule has 0 radical (unpaired) electrons. The lowest BCUT2D eigenvalue weighted by Gasteiger charge is -2.51. The molecule has 1 saturated heterocycles. The number of amides is 1. The number of aryl methyl sites for hydroxylation is 2. The number of hydrogen-bond acceptors (Lipinski definition) is 16. The Bertz CT molecular complexity index is 1840. The standard InChI is InChI=1S/C30H39N7O12S2/c1-30(2)22(27(41)37(30)49-51(44,45)46)11-24(40)26(23-17-50-29(31)33-23)34-48-25(28(42)43)16-47-21-7-5-18(6-8-21)19-13-35(3)36(14-19)10-4-9-32-12-20(39)15-38/h5-8,13-14,17,20,22,25,32,38-39H,4,9-12,15-16H2,1-3H3,(H3-,31,33,42,43,44,45,46)/b34-26+/t20-,22?,25-/m0/s1. The van der Waals surface area contributed by atoms with Crippen LogP contribution in [-0.4, -0.2) is 110 Å². The largest absolute Gasteiger partial charge is 0.724 e. The Morgan fingerprint density at radius 2 is 1.96 bits per heavy atom. The predicted octanol–water partition coefficient (Wildman–Crippen LogP) is -0.808. The number of nitrogens with zero attached hydrogens (tertiary/aromatic N) is 5. The van der Waals surface area contributed by atoms with Crippen molar-refractivity contribution in [2.24, 2.45) is 18.1 Å². The Hall–Kier alpha value is -4.51. The number of carboxylic acid groups (broad SMARTS) is 1. The number of carbonyl (C=O) groups excluding carboxylic acids is 2. The van der Waals surface area contributed by atoms with Crippen LogP contribution in [0.5, 0.6) is 5.75 Å². The summed E-state index contributed by atoms with van der Waals surface area (Å²) in [6.07, 6.45) is 1.72. The molecule has 1 aliphatic heterocycles. The van der Waals surface area contributed by atoms with E-state index in [1.54, 1.807) is 24.3 Å². The van der Waals surface area contributed by atoms with Crippen molar-refractivity contribution in [2.45, 2.75) is 51.0 Å². The Balaban J connectivity index is 1.38. The maximum atomic E-state index is 13.3. The Morgan fingerprint density at radius 3 is 2.55 bits per heavy atom. The molecule has 0 spiro atoms. The molecule has 3 aromatic rings. The highest BCUT2D eigenvalue weighted by atomic mass is 32.3. The molecule has 2 aromatic heterocycles. The van der Waals surface area contributed by atoms with Gasteiger partial charge in [0.2, 0.25) is 16.6 Å². The number of nitrogen functional groups attached to an aromatic ring is 1. The van der Waals surface area contributed by atoms with Crippen LogP contribution in [0, 0.1) is 5.92 Å². The second kappa shape index (κ2) is 16.7. The van der Waals surface area contributed by atoms with E-state index in [1.165, 1.54) is 19.2 Å². The first-order chi connectivity index (χ1) is 24.0. The lowest BCUT2D eigenvalue weighted by atomic mass is 9.74. The molecule has 4 rings (SSSR count). The van der Waals surface area contributed by atoms with Crippen molar-refractivity contribution in [1.82, 2.24) is 20.0 Å². The number of ether oxygens (including phenoxy) is 1. The lowest BCUT2D eigenvalue weighted by Crippen LogP contribution is -2.68. The molecular formula is C30H39N7O12S2. The molecule has 0 aliphatic carbocycles. The van der Waals surface area contributed by atoms with E-state index in [2.05, 4.69) is 19.7 Å². The van der Waals surface area contributed by atoms with Gasteiger partial charge in [0.05, 0.1) is 42.5 Å². The van der Waals surface area contributed by atoms with Gasteiger partial charge in [0.15, 0.2) is 23.7 Å². The number of aromatic nitrogens is 3. The van der Waals surface area contributed by atoms with Crippen molar-refractivity contribution >= 4 is 50.2 Å². The monoisotopic (exact) mass is 753 g/mol. The number of hydrogen-bond donors (Lipinski definition) is 5. The molecule has 0 bridgehead atoms. The van der Waals surface area contributed by atoms with Crippen LogP contribution in [0.25, 0.3) is 11.1 Å². The molecule has 1 amide bonds. The lowest BCUT2D eigenvalue weighted by molar-refractivity contribution is -0.753. The highest BCUT2D eigenvalue weighted by Gasteiger charge is 2.57. The highest BCUT2D eigenvalue weighted by Crippen LogP contribution is 2.40. The van der Waals surface area contributed by atoms with E-state index in [1.807, 2.05) is 28.8 Å². The smallest absolute Gasteiger partial charge is 0.351 e. The van der Waals surface area contributed by atoms with Crippen molar-refractivity contribution in [3.8, 4) is 16.9 Å². The number of nitrogens with one attached hydrogen (secondary N) is 1. The van der Waals surface area contributed by atoms with Crippen LogP contribution in [0.15, 0.2) is 47.2 Å². The topological polar surface area (TPSA) is 272 Å². The number of carboxylic acids is 1. The molecule has 51 heavy (non-hydrogen) atoms. The number of Topliss-reactive ketones (excluding diaryl/α,β-unsaturated/α-hetero) is 1. The fourth-order valence-electron chi connectivity index (χ4n) is 5.09. The van der Waals surface area contributed by atoms with E-state index in [0.29, 0.717) is 30.4 Å². The van der Waals surface area contributed by atoms with Gasteiger partial charge in [-0.05, 0) is 44.5 Å². The molecule has 19 nitrogen and oxygen atoms in total. The molecule has 0 saturated carbocycles. The quantitative estimate of drug-likeness (QED) is 0.0180. The molecule has 3 heterocycles. The second-order valence-electron chi connectivity index (χ2n) is 12.1. The van der Waals surface area contributed by atoms with Gasteiger partial charge in [-0.1, -0.05) is 17.3 Å². The third-order valence-corrected chi connectivity index (χ3v) is 8.95. The van der Waals surface area contributed by atoms with Crippen LogP contribution in [0.3, 0.4) is 0 Å². The zero-order valence-corrected chi connectivity index (χ0v) is 29.5. The van der Waals surface area contributed by atoms with E-state index in [0.717, 1.165) is 28.9 Å². The van der Waals surface area contributed by atoms with Gasteiger partial charge < -0.3 is 40.5 Å². The summed E-state index contributed by atoms with van der Waals surface area (Å²) in [5.41, 5.74) is 5.68. The van der Waals surface area contributed by atoms with Gasteiger partial charge in [0, 0.05) is 18.3 Å². The number of aliphatic hydroxyl groups excluding tert-OH is 2. The first-order valence-electron chi connectivity index (χ1n) is 15.5. The second-order valence-corrected chi connectivity index (χ2v) is 13.9. The Morgan fingerprint density at radius 1 is 1.25 bits per heavy atom. The van der Waals surface area contributed by atoms with E-state index in [-0.39, 0.29) is 17.4 Å². The highest BCUT2D eigenvalue weighted by molar-refractivity contribution is 7.80. The average Bonchev–Trinajstić information content (AvgIpc) is 3.67. The van der Waals surface area contributed by atoms with Crippen molar-refractivity contribution in [3.05, 3.63) is 47.7 Å². The van der Waals surface area contributed by atoms with E-state index in [9.17, 15) is 37.6 Å². The Labute approximate surface area is 296 Å². The van der Waals surface area contributed by atoms with Crippen molar-refractivity contribution in [2.75, 3.05) is 32.0 Å². The van der Waals surface area contributed by atoms with Crippen molar-refractivity contribution in [3.63, 3.8) is 0 Å². The van der Waals surface area contributed by atoms with Gasteiger partial charge in [-0.25, -0.2) is 18.2 Å². The number of carbonyl (C=O) groups is 3. The molecule has 278 valence electrons. The molecule has 1 unspecified atom stereocenters. The third kappa shape index (κ3) is 10.3. The number of rotatable bonds is 20. The van der Waals surface area contributed by atoms with Gasteiger partial charge in [0.25, 0.3) is 12.0 Å². The van der Waals surface area contributed by atoms with Gasteiger partial charge in [-0.15, -0.1) is 16.0 Å². The van der Waals surface area contributed by atoms with E-state index in [4.69, 9.17) is 20.4 Å². The molecule has 21 heteroatoms. The zero-order valence-electron chi connectivity index (χ0n) is 27.9. The molecule has 6 N–H and O–H groups in total. The first-order valence-corrected chi connectivity index (χ1v) is 17.7. The fraction of sp³-hybridized carbons (Fsp3) is 0.467. The minimum atomic E-state index is -5.25. The van der Waals surface area contributed by atoms with Gasteiger partial charge in [-0.2, -0.15) is 14.0 Å². The Kier molecular flexibility index (Phi) is 12.8. The maximum Gasteiger partial charge on any atom is 0.351 e. The number of anilines is 1. The average molecular weight is 754 g/mol. The number of aliphatic carboxylic acids is 1. The number of oxime groups is 1. The maximum absolute atomic E-state index is 13.3. The number of β-lactam (4-membered cyclic amide) rings is 1. The van der Waals surface area contributed by atoms with Crippen LogP contribution in [-0.2, 0) is 47.5 Å². The van der Waals surface area contributed by atoms with Crippen LogP contribution in [0.4, 0.5) is 5.13 Å². The minimum Gasteiger partial charge on any atom is -0.724 e. The number of ketones is 1. The van der Waals surface area contributed by atoms with Crippen LogP contribution < -0.4 is 20.5 Å². The fourth-order valence-corrected chi connectivity index (χ4v) is 6.09. The summed E-state index contributed by atoms with van der Waals surface area (Å²) < 4.78 is 46.9. The van der Waals surface area contributed by atoms with Crippen LogP contribution in [0.1, 0.15) is 32.4 Å². The van der Waals surface area contributed by atoms with E-state index < -0.39 is 70.5 Å². The molecule has 3 atom stereocenters. The summed E-state index contributed by atoms with van der Waals surface area (Å²) in [7, 11) is -3.34. The number of benzene rings is 1. The molecule has 1 fully saturated rings. The van der Waals surface area contributed by atoms with Gasteiger partial charge in [-0.3, -0.25) is 9.59 Å². The minimum absolute atomic E-state index is 0.0419. The van der Waals surface area contributed by atoms with Crippen molar-refractivity contribution < 1.29 is 61.2 Å². The zero-order chi connectivity index (χ0) is 37.5. The number of thiazole rings is 1. The SMILES string of the molecule is C[n+]1cc(-c2ccc(OC[C@H](O/N=C(/C(=O)CC3C(=O)N(OS(=O)(=O)[O-])C3(C)C)c3csc(N)n3)C(=O)O)cc2)cn1CCCNC[C@H](O)CO. The normalized spacial score (nSPS) is 17.1. The summed E-state index contributed by atoms with van der Waals surface area (Å²) in [6.45, 7) is 3.67. The molecule has 1 aliphatic rings. The summed E-state index contributed by atoms with van der Waals surface area (Å²) >= 11 is 0.973. The number of nitrogens with two attached hydrogens (primary N) is 1. The van der Waals surface area contributed by atoms with Gasteiger partial charge in [0.1, 0.15) is 18.1 Å². The van der Waals surface area contributed by atoms with Crippen LogP contribution in [0.2, 0.25) is 0 Å².